The summed E-state index contributed by atoms with van der Waals surface area (Å²) in [5.74, 6) is 2.71. The van der Waals surface area contributed by atoms with Crippen LogP contribution >= 0.6 is 11.6 Å². The third-order valence-corrected chi connectivity index (χ3v) is 5.81. The van der Waals surface area contributed by atoms with E-state index in [9.17, 15) is 0 Å². The number of halogens is 1. The molecule has 2 atom stereocenters. The molecule has 2 fully saturated rings. The van der Waals surface area contributed by atoms with Crippen molar-refractivity contribution in [2.75, 3.05) is 24.5 Å². The van der Waals surface area contributed by atoms with Gasteiger partial charge in [-0.3, -0.25) is 0 Å². The second kappa shape index (κ2) is 6.94. The Bertz CT molecular complexity index is 522. The molecular formula is C18H29ClN4. The van der Waals surface area contributed by atoms with Crippen LogP contribution in [0.1, 0.15) is 46.5 Å². The van der Waals surface area contributed by atoms with Crippen molar-refractivity contribution in [2.45, 2.75) is 52.5 Å². The first-order valence-electron chi connectivity index (χ1n) is 8.90. The lowest BCUT2D eigenvalue weighted by Crippen LogP contribution is -2.51. The van der Waals surface area contributed by atoms with Crippen LogP contribution in [0.2, 0.25) is 5.15 Å². The van der Waals surface area contributed by atoms with Gasteiger partial charge in [0, 0.05) is 18.7 Å². The highest BCUT2D eigenvalue weighted by Gasteiger charge is 2.39. The van der Waals surface area contributed by atoms with Crippen molar-refractivity contribution < 1.29 is 0 Å². The Labute approximate surface area is 145 Å². The van der Waals surface area contributed by atoms with Crippen LogP contribution < -0.4 is 10.2 Å². The highest BCUT2D eigenvalue weighted by Crippen LogP contribution is 2.41. The fourth-order valence-electron chi connectivity index (χ4n) is 4.31. The summed E-state index contributed by atoms with van der Waals surface area (Å²) in [5.41, 5.74) is 0.225. The molecule has 2 aliphatic heterocycles. The molecule has 5 heteroatoms. The molecule has 0 aromatic carbocycles. The summed E-state index contributed by atoms with van der Waals surface area (Å²) in [6.45, 7) is 10.5. The first kappa shape index (κ1) is 17.0. The van der Waals surface area contributed by atoms with Crippen molar-refractivity contribution in [2.24, 2.45) is 17.3 Å². The molecule has 0 spiro atoms. The third-order valence-electron chi connectivity index (χ3n) is 5.61. The van der Waals surface area contributed by atoms with E-state index >= 15 is 0 Å². The molecule has 1 aromatic rings. The third kappa shape index (κ3) is 3.97. The SMILES string of the molecule is CC(C)(C)[C@H]1CC(C2CCNCC2)CCN1c1cc(Cl)ncn1. The first-order chi connectivity index (χ1) is 10.9. The minimum absolute atomic E-state index is 0.225. The summed E-state index contributed by atoms with van der Waals surface area (Å²) in [6, 6.07) is 2.41. The van der Waals surface area contributed by atoms with Crippen LogP contribution in [0.5, 0.6) is 0 Å². The summed E-state index contributed by atoms with van der Waals surface area (Å²) < 4.78 is 0. The number of nitrogens with one attached hydrogen (secondary N) is 1. The van der Waals surface area contributed by atoms with Gasteiger partial charge in [-0.15, -0.1) is 0 Å². The number of nitrogens with zero attached hydrogens (tertiary/aromatic N) is 3. The summed E-state index contributed by atoms with van der Waals surface area (Å²) in [4.78, 5) is 11.0. The van der Waals surface area contributed by atoms with Gasteiger partial charge in [0.2, 0.25) is 0 Å². The predicted molar refractivity (Wildman–Crippen MR) is 95.9 cm³/mol. The van der Waals surface area contributed by atoms with E-state index in [1.165, 1.54) is 38.8 Å². The molecule has 4 nitrogen and oxygen atoms in total. The zero-order chi connectivity index (χ0) is 16.4. The minimum atomic E-state index is 0.225. The van der Waals surface area contributed by atoms with Crippen LogP contribution in [-0.2, 0) is 0 Å². The van der Waals surface area contributed by atoms with Gasteiger partial charge in [0.1, 0.15) is 17.3 Å². The Morgan fingerprint density at radius 3 is 2.52 bits per heavy atom. The van der Waals surface area contributed by atoms with Gasteiger partial charge in [-0.25, -0.2) is 9.97 Å². The van der Waals surface area contributed by atoms with Crippen LogP contribution in [0.4, 0.5) is 5.82 Å². The summed E-state index contributed by atoms with van der Waals surface area (Å²) >= 11 is 6.09. The van der Waals surface area contributed by atoms with Crippen LogP contribution in [-0.4, -0.2) is 35.6 Å². The zero-order valence-corrected chi connectivity index (χ0v) is 15.3. The second-order valence-corrected chi connectivity index (χ2v) is 8.53. The zero-order valence-electron chi connectivity index (χ0n) is 14.6. The molecule has 0 amide bonds. The molecule has 3 rings (SSSR count). The Morgan fingerprint density at radius 2 is 1.87 bits per heavy atom. The largest absolute Gasteiger partial charge is 0.353 e. The van der Waals surface area contributed by atoms with Gasteiger partial charge >= 0.3 is 0 Å². The lowest BCUT2D eigenvalue weighted by atomic mass is 9.71. The Balaban J connectivity index is 1.79. The van der Waals surface area contributed by atoms with Gasteiger partial charge in [-0.2, -0.15) is 0 Å². The molecule has 3 heterocycles. The van der Waals surface area contributed by atoms with E-state index in [0.29, 0.717) is 11.2 Å². The quantitative estimate of drug-likeness (QED) is 0.835. The normalized spacial score (nSPS) is 27.2. The maximum Gasteiger partial charge on any atom is 0.134 e. The van der Waals surface area contributed by atoms with Crippen LogP contribution in [0.15, 0.2) is 12.4 Å². The summed E-state index contributed by atoms with van der Waals surface area (Å²) in [6.07, 6.45) is 6.77. The van der Waals surface area contributed by atoms with Gasteiger partial charge in [-0.05, 0) is 56.0 Å². The number of piperidine rings is 2. The van der Waals surface area contributed by atoms with Crippen molar-refractivity contribution in [1.29, 1.82) is 0 Å². The summed E-state index contributed by atoms with van der Waals surface area (Å²) in [7, 11) is 0. The number of rotatable bonds is 2. The lowest BCUT2D eigenvalue weighted by Gasteiger charge is -2.48. The van der Waals surface area contributed by atoms with Gasteiger partial charge in [0.25, 0.3) is 0 Å². The smallest absolute Gasteiger partial charge is 0.134 e. The lowest BCUT2D eigenvalue weighted by molar-refractivity contribution is 0.153. The van der Waals surface area contributed by atoms with E-state index in [1.54, 1.807) is 6.33 Å². The Kier molecular flexibility index (Phi) is 5.12. The van der Waals surface area contributed by atoms with Gasteiger partial charge in [-0.1, -0.05) is 32.4 Å². The van der Waals surface area contributed by atoms with Crippen molar-refractivity contribution >= 4 is 17.4 Å². The average molecular weight is 337 g/mol. The van der Waals surface area contributed by atoms with Gasteiger partial charge < -0.3 is 10.2 Å². The molecule has 2 aliphatic rings. The van der Waals surface area contributed by atoms with Gasteiger partial charge in [0.15, 0.2) is 0 Å². The second-order valence-electron chi connectivity index (χ2n) is 8.15. The molecule has 2 saturated heterocycles. The molecular weight excluding hydrogens is 308 g/mol. The molecule has 0 bridgehead atoms. The standard InChI is InChI=1S/C18H29ClN4/c1-18(2,3)15-10-14(13-4-7-20-8-5-13)6-9-23(15)17-11-16(19)21-12-22-17/h11-15,20H,4-10H2,1-3H3/t14?,15-/m1/s1. The van der Waals surface area contributed by atoms with Crippen LogP contribution in [0.3, 0.4) is 0 Å². The highest BCUT2D eigenvalue weighted by molar-refractivity contribution is 6.29. The van der Waals surface area contributed by atoms with Gasteiger partial charge in [0.05, 0.1) is 0 Å². The minimum Gasteiger partial charge on any atom is -0.353 e. The predicted octanol–water partition coefficient (Wildman–Crippen LogP) is 3.76. The van der Waals surface area contributed by atoms with E-state index in [4.69, 9.17) is 11.6 Å². The topological polar surface area (TPSA) is 41.0 Å². The molecule has 1 N–H and O–H groups in total. The van der Waals surface area contributed by atoms with Crippen LogP contribution in [0.25, 0.3) is 0 Å². The van der Waals surface area contributed by atoms with Crippen molar-refractivity contribution in [3.05, 3.63) is 17.5 Å². The fourth-order valence-corrected chi connectivity index (χ4v) is 4.45. The van der Waals surface area contributed by atoms with E-state index in [0.717, 1.165) is 24.2 Å². The molecule has 1 unspecified atom stereocenters. The van der Waals surface area contributed by atoms with Crippen molar-refractivity contribution in [3.8, 4) is 0 Å². The van der Waals surface area contributed by atoms with Crippen molar-refractivity contribution in [3.63, 3.8) is 0 Å². The number of hydrogen-bond acceptors (Lipinski definition) is 4. The van der Waals surface area contributed by atoms with Crippen molar-refractivity contribution in [1.82, 2.24) is 15.3 Å². The molecule has 1 aromatic heterocycles. The maximum absolute atomic E-state index is 6.09. The molecule has 0 radical (unpaired) electrons. The fraction of sp³-hybridized carbons (Fsp3) is 0.778. The van der Waals surface area contributed by atoms with E-state index in [-0.39, 0.29) is 5.41 Å². The molecule has 23 heavy (non-hydrogen) atoms. The molecule has 128 valence electrons. The highest BCUT2D eigenvalue weighted by atomic mass is 35.5. The first-order valence-corrected chi connectivity index (χ1v) is 9.28. The summed E-state index contributed by atoms with van der Waals surface area (Å²) in [5, 5.41) is 4.02. The van der Waals surface area contributed by atoms with Crippen LogP contribution in [0, 0.1) is 17.3 Å². The Hall–Kier alpha value is -0.870. The number of anilines is 1. The van der Waals surface area contributed by atoms with E-state index in [1.807, 2.05) is 6.07 Å². The van der Waals surface area contributed by atoms with E-state index < -0.39 is 0 Å². The number of hydrogen-bond donors (Lipinski definition) is 1. The molecule has 0 aliphatic carbocycles. The average Bonchev–Trinajstić information content (AvgIpc) is 2.54. The maximum atomic E-state index is 6.09. The Morgan fingerprint density at radius 1 is 1.13 bits per heavy atom. The monoisotopic (exact) mass is 336 g/mol. The molecule has 0 saturated carbocycles. The number of aromatic nitrogens is 2. The van der Waals surface area contributed by atoms with E-state index in [2.05, 4.69) is 41.0 Å².